The van der Waals surface area contributed by atoms with E-state index in [4.69, 9.17) is 19.5 Å². The third-order valence-corrected chi connectivity index (χ3v) is 6.78. The molecule has 0 N–H and O–H groups in total. The monoisotopic (exact) mass is 422 g/mol. The van der Waals surface area contributed by atoms with E-state index in [-0.39, 0.29) is 12.1 Å². The number of hydrogen-bond acceptors (Lipinski definition) is 6. The maximum Gasteiger partial charge on any atom is 0.417 e. The summed E-state index contributed by atoms with van der Waals surface area (Å²) in [6, 6.07) is 4.30. The van der Waals surface area contributed by atoms with Crippen LogP contribution >= 0.6 is 0 Å². The number of halogens is 3. The first-order chi connectivity index (χ1) is 14.0. The van der Waals surface area contributed by atoms with Crippen molar-refractivity contribution in [1.82, 2.24) is 0 Å². The molecule has 7 nitrogen and oxygen atoms in total. The number of benzene rings is 1. The molecule has 1 spiro atoms. The second-order valence-electron chi connectivity index (χ2n) is 8.46. The minimum Gasteiger partial charge on any atom is -0.362 e. The van der Waals surface area contributed by atoms with Crippen LogP contribution in [0.15, 0.2) is 18.2 Å². The summed E-state index contributed by atoms with van der Waals surface area (Å²) in [4.78, 5) is 27.4. The van der Waals surface area contributed by atoms with Crippen LogP contribution in [0.25, 0.3) is 0 Å². The Hall–Kier alpha value is -2.48. The second-order valence-corrected chi connectivity index (χ2v) is 8.46. The first-order valence-corrected chi connectivity index (χ1v) is 9.45. The van der Waals surface area contributed by atoms with E-state index in [9.17, 15) is 22.8 Å². The maximum atomic E-state index is 13.4. The van der Waals surface area contributed by atoms with Crippen molar-refractivity contribution in [2.45, 2.75) is 43.4 Å². The summed E-state index contributed by atoms with van der Waals surface area (Å²) in [6.07, 6.45) is -4.57. The van der Waals surface area contributed by atoms with Crippen molar-refractivity contribution in [3.05, 3.63) is 29.3 Å². The molecule has 4 saturated heterocycles. The minimum atomic E-state index is -4.81. The maximum absolute atomic E-state index is 13.4. The standard InChI is InChI=1S/C20H17F3N2O5/c1-17-9-19(28-5-6-29-19)18(2,30-17)14-13(17)15(26)25(16(14)27)11-4-3-10(8-24)12(7-11)20(21,22)23/h3-4,7,13-14H,5-6,9H2,1-2H3/t13-,14+,17-,18-/m1/s1. The highest BCUT2D eigenvalue weighted by Gasteiger charge is 2.82. The van der Waals surface area contributed by atoms with Gasteiger partial charge in [-0.05, 0) is 32.0 Å². The zero-order valence-corrected chi connectivity index (χ0v) is 16.1. The van der Waals surface area contributed by atoms with Crippen LogP contribution in [0, 0.1) is 23.2 Å². The van der Waals surface area contributed by atoms with Crippen molar-refractivity contribution in [3.8, 4) is 6.07 Å². The molecule has 1 aromatic rings. The quantitative estimate of drug-likeness (QED) is 0.646. The van der Waals surface area contributed by atoms with Gasteiger partial charge < -0.3 is 14.2 Å². The first-order valence-electron chi connectivity index (χ1n) is 9.45. The lowest BCUT2D eigenvalue weighted by Crippen LogP contribution is -2.58. The van der Waals surface area contributed by atoms with Gasteiger partial charge in [0, 0.05) is 6.42 Å². The summed E-state index contributed by atoms with van der Waals surface area (Å²) in [7, 11) is 0. The van der Waals surface area contributed by atoms with Gasteiger partial charge >= 0.3 is 6.18 Å². The number of rotatable bonds is 1. The van der Waals surface area contributed by atoms with Crippen LogP contribution in [0.1, 0.15) is 31.4 Å². The fourth-order valence-electron chi connectivity index (χ4n) is 5.65. The number of carbonyl (C=O) groups is 2. The van der Waals surface area contributed by atoms with E-state index >= 15 is 0 Å². The number of fused-ring (bicyclic) bond motifs is 6. The Labute approximate surface area is 169 Å². The van der Waals surface area contributed by atoms with Gasteiger partial charge in [-0.25, -0.2) is 4.90 Å². The molecule has 0 aromatic heterocycles. The molecule has 1 aromatic carbocycles. The molecule has 0 saturated carbocycles. The number of ether oxygens (including phenoxy) is 3. The lowest BCUT2D eigenvalue weighted by atomic mass is 9.65. The molecule has 4 fully saturated rings. The van der Waals surface area contributed by atoms with Gasteiger partial charge in [0.2, 0.25) is 17.6 Å². The molecule has 10 heteroatoms. The van der Waals surface area contributed by atoms with Gasteiger partial charge in [0.05, 0.1) is 53.5 Å². The summed E-state index contributed by atoms with van der Waals surface area (Å²) in [5.74, 6) is -4.27. The van der Waals surface area contributed by atoms with Crippen molar-refractivity contribution >= 4 is 17.5 Å². The predicted molar refractivity (Wildman–Crippen MR) is 92.8 cm³/mol. The fraction of sp³-hybridized carbons (Fsp3) is 0.550. The molecule has 4 aliphatic heterocycles. The van der Waals surface area contributed by atoms with Crippen LogP contribution in [-0.4, -0.2) is 42.0 Å². The molecule has 4 aliphatic rings. The lowest BCUT2D eigenvalue weighted by Gasteiger charge is -2.41. The molecular formula is C20H17F3N2O5. The molecule has 2 amide bonds. The Balaban J connectivity index is 1.60. The van der Waals surface area contributed by atoms with Crippen molar-refractivity contribution in [1.29, 1.82) is 5.26 Å². The SMILES string of the molecule is C[C@]12CC3(OCCO3)[C@](C)(O1)[C@@H]1C(=O)N(c3ccc(C#N)c(C(F)(F)F)c3)C(=O)[C@@H]12. The van der Waals surface area contributed by atoms with Crippen LogP contribution in [0.4, 0.5) is 18.9 Å². The molecule has 0 aliphatic carbocycles. The number of amides is 2. The van der Waals surface area contributed by atoms with Crippen molar-refractivity contribution in [2.75, 3.05) is 18.1 Å². The summed E-state index contributed by atoms with van der Waals surface area (Å²) in [5.41, 5.74) is -4.30. The summed E-state index contributed by atoms with van der Waals surface area (Å²) in [6.45, 7) is 4.00. The van der Waals surface area contributed by atoms with Crippen molar-refractivity contribution in [2.24, 2.45) is 11.8 Å². The summed E-state index contributed by atoms with van der Waals surface area (Å²) >= 11 is 0. The first kappa shape index (κ1) is 19.5. The minimum absolute atomic E-state index is 0.223. The molecule has 158 valence electrons. The zero-order chi connectivity index (χ0) is 21.7. The van der Waals surface area contributed by atoms with Gasteiger partial charge in [-0.2, -0.15) is 18.4 Å². The normalized spacial score (nSPS) is 36.6. The molecule has 0 unspecified atom stereocenters. The molecule has 30 heavy (non-hydrogen) atoms. The zero-order valence-electron chi connectivity index (χ0n) is 16.1. The van der Waals surface area contributed by atoms with Gasteiger partial charge in [-0.15, -0.1) is 0 Å². The van der Waals surface area contributed by atoms with E-state index in [0.717, 1.165) is 11.0 Å². The largest absolute Gasteiger partial charge is 0.417 e. The Morgan fingerprint density at radius 1 is 1.13 bits per heavy atom. The van der Waals surface area contributed by atoms with Crippen molar-refractivity contribution < 1.29 is 37.0 Å². The lowest BCUT2D eigenvalue weighted by molar-refractivity contribution is -0.241. The highest BCUT2D eigenvalue weighted by atomic mass is 19.4. The van der Waals surface area contributed by atoms with E-state index in [1.54, 1.807) is 13.8 Å². The van der Waals surface area contributed by atoms with Gasteiger partial charge in [-0.3, -0.25) is 9.59 Å². The Kier molecular flexibility index (Phi) is 3.64. The molecule has 4 heterocycles. The molecule has 5 rings (SSSR count). The number of carbonyl (C=O) groups excluding carboxylic acids is 2. The Morgan fingerprint density at radius 2 is 1.77 bits per heavy atom. The van der Waals surface area contributed by atoms with E-state index in [0.29, 0.717) is 19.3 Å². The van der Waals surface area contributed by atoms with Gasteiger partial charge in [0.25, 0.3) is 0 Å². The average molecular weight is 422 g/mol. The van der Waals surface area contributed by atoms with E-state index in [1.165, 1.54) is 12.1 Å². The number of alkyl halides is 3. The summed E-state index contributed by atoms with van der Waals surface area (Å²) < 4.78 is 58.0. The van der Waals surface area contributed by atoms with Gasteiger partial charge in [0.1, 0.15) is 5.60 Å². The highest BCUT2D eigenvalue weighted by Crippen LogP contribution is 2.66. The van der Waals surface area contributed by atoms with Gasteiger partial charge in [0.15, 0.2) is 0 Å². The van der Waals surface area contributed by atoms with Crippen molar-refractivity contribution in [3.63, 3.8) is 0 Å². The van der Waals surface area contributed by atoms with Crippen LogP contribution in [0.3, 0.4) is 0 Å². The smallest absolute Gasteiger partial charge is 0.362 e. The molecule has 0 radical (unpaired) electrons. The highest BCUT2D eigenvalue weighted by molar-refractivity contribution is 6.23. The third-order valence-electron chi connectivity index (χ3n) is 6.78. The predicted octanol–water partition coefficient (Wildman–Crippen LogP) is 2.38. The number of imide groups is 1. The topological polar surface area (TPSA) is 88.9 Å². The number of anilines is 1. The Bertz CT molecular complexity index is 1030. The molecule has 2 bridgehead atoms. The second kappa shape index (κ2) is 5.60. The average Bonchev–Trinajstić information content (AvgIpc) is 3.35. The van der Waals surface area contributed by atoms with Crippen LogP contribution in [-0.2, 0) is 30.0 Å². The Morgan fingerprint density at radius 3 is 2.37 bits per heavy atom. The van der Waals surface area contributed by atoms with Crippen LogP contribution < -0.4 is 4.90 Å². The fourth-order valence-corrected chi connectivity index (χ4v) is 5.65. The van der Waals surface area contributed by atoms with E-state index in [1.807, 2.05) is 0 Å². The number of hydrogen-bond donors (Lipinski definition) is 0. The van der Waals surface area contributed by atoms with Gasteiger partial charge in [-0.1, -0.05) is 0 Å². The van der Waals surface area contributed by atoms with Crippen LogP contribution in [0.5, 0.6) is 0 Å². The van der Waals surface area contributed by atoms with Crippen LogP contribution in [0.2, 0.25) is 0 Å². The number of nitriles is 1. The molecule has 4 atom stereocenters. The third kappa shape index (κ3) is 2.15. The molecular weight excluding hydrogens is 405 g/mol. The number of nitrogens with zero attached hydrogens (tertiary/aromatic N) is 2. The summed E-state index contributed by atoms with van der Waals surface area (Å²) in [5, 5.41) is 8.99. The van der Waals surface area contributed by atoms with E-state index in [2.05, 4.69) is 0 Å². The van der Waals surface area contributed by atoms with E-state index < -0.39 is 57.9 Å².